The SMILES string of the molecule is Cc1cc(-n2ncc(C(=O)C3=Cc4cc(OC(F)F)c(Br)cc4C3)c2N)ccc1Oc1ccccc1F. The average Bonchev–Trinajstić information content (AvgIpc) is 3.44. The van der Waals surface area contributed by atoms with Crippen LogP contribution in [0.4, 0.5) is 19.0 Å². The van der Waals surface area contributed by atoms with Crippen LogP contribution in [0.3, 0.4) is 0 Å². The Morgan fingerprint density at radius 3 is 2.62 bits per heavy atom. The fourth-order valence-electron chi connectivity index (χ4n) is 4.11. The molecule has 5 rings (SSSR count). The number of halogens is 4. The molecule has 1 aliphatic rings. The Bertz CT molecular complexity index is 1570. The monoisotopic (exact) mass is 569 g/mol. The number of carbonyl (C=O) groups excluding carboxylic acids is 1. The molecular weight excluding hydrogens is 551 g/mol. The predicted octanol–water partition coefficient (Wildman–Crippen LogP) is 6.88. The first-order chi connectivity index (χ1) is 17.7. The lowest BCUT2D eigenvalue weighted by Gasteiger charge is -2.12. The highest BCUT2D eigenvalue weighted by atomic mass is 79.9. The van der Waals surface area contributed by atoms with Crippen LogP contribution in [-0.2, 0) is 6.42 Å². The Morgan fingerprint density at radius 1 is 1.11 bits per heavy atom. The van der Waals surface area contributed by atoms with Crippen molar-refractivity contribution in [3.63, 3.8) is 0 Å². The predicted molar refractivity (Wildman–Crippen MR) is 136 cm³/mol. The number of benzene rings is 3. The third kappa shape index (κ3) is 4.84. The molecule has 0 spiro atoms. The molecule has 0 unspecified atom stereocenters. The van der Waals surface area contributed by atoms with Crippen molar-refractivity contribution in [2.75, 3.05) is 5.73 Å². The molecule has 37 heavy (non-hydrogen) atoms. The fraction of sp³-hybridized carbons (Fsp3) is 0.111. The van der Waals surface area contributed by atoms with Crippen molar-refractivity contribution in [1.82, 2.24) is 9.78 Å². The second-order valence-corrected chi connectivity index (χ2v) is 9.23. The van der Waals surface area contributed by atoms with E-state index in [2.05, 4.69) is 25.8 Å². The van der Waals surface area contributed by atoms with Gasteiger partial charge in [-0.05, 0) is 88.1 Å². The number of hydrogen-bond acceptors (Lipinski definition) is 5. The lowest BCUT2D eigenvalue weighted by molar-refractivity contribution is -0.0503. The van der Waals surface area contributed by atoms with Crippen LogP contribution in [0.1, 0.15) is 27.0 Å². The molecule has 0 bridgehead atoms. The number of aromatic nitrogens is 2. The van der Waals surface area contributed by atoms with E-state index in [0.29, 0.717) is 39.0 Å². The molecule has 4 aromatic rings. The lowest BCUT2D eigenvalue weighted by Crippen LogP contribution is -2.08. The molecule has 2 N–H and O–H groups in total. The summed E-state index contributed by atoms with van der Waals surface area (Å²) < 4.78 is 51.3. The number of ketones is 1. The first-order valence-corrected chi connectivity index (χ1v) is 11.9. The number of anilines is 1. The van der Waals surface area contributed by atoms with E-state index in [1.807, 2.05) is 0 Å². The second-order valence-electron chi connectivity index (χ2n) is 8.37. The Kier molecular flexibility index (Phi) is 6.51. The van der Waals surface area contributed by atoms with E-state index in [1.165, 1.54) is 29.1 Å². The zero-order valence-corrected chi connectivity index (χ0v) is 20.9. The molecule has 0 saturated heterocycles. The van der Waals surface area contributed by atoms with E-state index in [9.17, 15) is 18.0 Å². The summed E-state index contributed by atoms with van der Waals surface area (Å²) >= 11 is 3.23. The van der Waals surface area contributed by atoms with Crippen LogP contribution in [0.5, 0.6) is 17.2 Å². The molecule has 6 nitrogen and oxygen atoms in total. The number of nitrogens with two attached hydrogens (primary N) is 1. The summed E-state index contributed by atoms with van der Waals surface area (Å²) in [6, 6.07) is 14.4. The van der Waals surface area contributed by atoms with Crippen LogP contribution in [0.15, 0.2) is 70.8 Å². The highest BCUT2D eigenvalue weighted by molar-refractivity contribution is 9.10. The number of para-hydroxylation sites is 1. The highest BCUT2D eigenvalue weighted by Crippen LogP contribution is 2.37. The summed E-state index contributed by atoms with van der Waals surface area (Å²) in [6.45, 7) is -1.16. The molecule has 0 radical (unpaired) electrons. The molecule has 188 valence electrons. The summed E-state index contributed by atoms with van der Waals surface area (Å²) in [5.74, 6) is -0.0833. The molecule has 1 aliphatic carbocycles. The number of aryl methyl sites for hydroxylation is 1. The molecule has 0 amide bonds. The Balaban J connectivity index is 1.38. The van der Waals surface area contributed by atoms with Gasteiger partial charge < -0.3 is 15.2 Å². The Labute approximate surface area is 218 Å². The zero-order valence-electron chi connectivity index (χ0n) is 19.3. The third-order valence-electron chi connectivity index (χ3n) is 5.92. The van der Waals surface area contributed by atoms with Gasteiger partial charge in [-0.15, -0.1) is 0 Å². The number of nitrogens with zero attached hydrogens (tertiary/aromatic N) is 2. The van der Waals surface area contributed by atoms with E-state index < -0.39 is 12.4 Å². The highest BCUT2D eigenvalue weighted by Gasteiger charge is 2.25. The minimum absolute atomic E-state index is 0.0103. The summed E-state index contributed by atoms with van der Waals surface area (Å²) in [5, 5.41) is 4.29. The normalized spacial score (nSPS) is 12.4. The molecule has 0 aliphatic heterocycles. The van der Waals surface area contributed by atoms with Crippen molar-refractivity contribution < 1.29 is 27.4 Å². The maximum atomic E-state index is 14.0. The van der Waals surface area contributed by atoms with Gasteiger partial charge in [0.15, 0.2) is 17.3 Å². The number of carbonyl (C=O) groups is 1. The summed E-state index contributed by atoms with van der Waals surface area (Å²) in [4.78, 5) is 13.3. The molecule has 1 aromatic heterocycles. The van der Waals surface area contributed by atoms with Crippen LogP contribution >= 0.6 is 15.9 Å². The van der Waals surface area contributed by atoms with Crippen molar-refractivity contribution >= 4 is 33.6 Å². The van der Waals surface area contributed by atoms with Gasteiger partial charge in [0.05, 0.1) is 21.9 Å². The second kappa shape index (κ2) is 9.78. The van der Waals surface area contributed by atoms with Crippen molar-refractivity contribution in [3.05, 3.63) is 98.9 Å². The van der Waals surface area contributed by atoms with Gasteiger partial charge in [-0.25, -0.2) is 9.07 Å². The van der Waals surface area contributed by atoms with E-state index >= 15 is 0 Å². The van der Waals surface area contributed by atoms with Crippen molar-refractivity contribution in [1.29, 1.82) is 0 Å². The molecule has 1 heterocycles. The van der Waals surface area contributed by atoms with Gasteiger partial charge in [0.1, 0.15) is 17.3 Å². The smallest absolute Gasteiger partial charge is 0.387 e. The van der Waals surface area contributed by atoms with Gasteiger partial charge in [0.2, 0.25) is 0 Å². The molecule has 0 saturated carbocycles. The number of alkyl halides is 2. The summed E-state index contributed by atoms with van der Waals surface area (Å²) in [7, 11) is 0. The zero-order chi connectivity index (χ0) is 26.3. The minimum Gasteiger partial charge on any atom is -0.454 e. The number of nitrogen functional groups attached to an aromatic ring is 1. The van der Waals surface area contributed by atoms with E-state index in [1.54, 1.807) is 49.4 Å². The Morgan fingerprint density at radius 2 is 1.89 bits per heavy atom. The van der Waals surface area contributed by atoms with Crippen molar-refractivity contribution in [2.24, 2.45) is 0 Å². The first-order valence-electron chi connectivity index (χ1n) is 11.1. The molecule has 0 atom stereocenters. The fourth-order valence-corrected chi connectivity index (χ4v) is 4.60. The largest absolute Gasteiger partial charge is 0.454 e. The Hall–Kier alpha value is -4.05. The number of allylic oxidation sites excluding steroid dienone is 1. The standard InChI is InChI=1S/C27H19BrF3N3O3/c1-14-8-18(6-7-22(14)36-23-5-3-2-4-21(23)29)34-26(32)19(13-33-34)25(35)17-9-15-11-20(28)24(37-27(30)31)12-16(15)10-17/h2-8,10-13,27H,9,32H2,1H3. The van der Waals surface area contributed by atoms with Gasteiger partial charge in [-0.3, -0.25) is 4.79 Å². The van der Waals surface area contributed by atoms with E-state index in [4.69, 9.17) is 10.5 Å². The topological polar surface area (TPSA) is 79.4 Å². The number of rotatable bonds is 7. The van der Waals surface area contributed by atoms with Crippen molar-refractivity contribution in [2.45, 2.75) is 20.0 Å². The van der Waals surface area contributed by atoms with Gasteiger partial charge in [0.25, 0.3) is 0 Å². The third-order valence-corrected chi connectivity index (χ3v) is 6.54. The lowest BCUT2D eigenvalue weighted by atomic mass is 10.0. The number of hydrogen-bond donors (Lipinski definition) is 1. The van der Waals surface area contributed by atoms with Gasteiger partial charge in [-0.2, -0.15) is 13.9 Å². The molecule has 10 heteroatoms. The average molecular weight is 570 g/mol. The first kappa shape index (κ1) is 24.6. The minimum atomic E-state index is -2.96. The van der Waals surface area contributed by atoms with Gasteiger partial charge in [-0.1, -0.05) is 12.1 Å². The van der Waals surface area contributed by atoms with Crippen LogP contribution in [-0.4, -0.2) is 22.2 Å². The quantitative estimate of drug-likeness (QED) is 0.245. The summed E-state index contributed by atoms with van der Waals surface area (Å²) in [6.07, 6.45) is 3.34. The van der Waals surface area contributed by atoms with Gasteiger partial charge >= 0.3 is 6.61 Å². The molecular formula is C27H19BrF3N3O3. The summed E-state index contributed by atoms with van der Waals surface area (Å²) in [5.41, 5.74) is 9.69. The van der Waals surface area contributed by atoms with Gasteiger partial charge in [0, 0.05) is 12.0 Å². The van der Waals surface area contributed by atoms with Crippen LogP contribution < -0.4 is 15.2 Å². The number of Topliss-reactive ketones (excluding diaryl/α,β-unsaturated/α-hetero) is 1. The maximum Gasteiger partial charge on any atom is 0.387 e. The van der Waals surface area contributed by atoms with Crippen LogP contribution in [0.2, 0.25) is 0 Å². The number of ether oxygens (including phenoxy) is 2. The maximum absolute atomic E-state index is 14.0. The van der Waals surface area contributed by atoms with Crippen molar-refractivity contribution in [3.8, 4) is 22.9 Å². The number of fused-ring (bicyclic) bond motifs is 1. The van der Waals surface area contributed by atoms with Crippen LogP contribution in [0, 0.1) is 12.7 Å². The van der Waals surface area contributed by atoms with E-state index in [-0.39, 0.29) is 28.7 Å². The molecule has 3 aromatic carbocycles. The molecule has 0 fully saturated rings. The van der Waals surface area contributed by atoms with E-state index in [0.717, 1.165) is 5.56 Å². The van der Waals surface area contributed by atoms with Crippen LogP contribution in [0.25, 0.3) is 11.8 Å².